The largest absolute Gasteiger partial charge is 0.301 e. The molecule has 5 heteroatoms. The number of benzene rings is 1. The first-order valence-corrected chi connectivity index (χ1v) is 7.82. The molecule has 20 heavy (non-hydrogen) atoms. The third-order valence-corrected chi connectivity index (χ3v) is 4.39. The number of hydrogen-bond donors (Lipinski definition) is 0. The quantitative estimate of drug-likeness (QED) is 0.767. The highest BCUT2D eigenvalue weighted by Gasteiger charge is 2.30. The number of carbonyl (C=O) groups excluding carboxylic acids is 1. The molecule has 2 aromatic rings. The summed E-state index contributed by atoms with van der Waals surface area (Å²) in [7, 11) is 0. The zero-order chi connectivity index (χ0) is 13.9. The van der Waals surface area contributed by atoms with Crippen LogP contribution in [0.25, 0.3) is 0 Å². The minimum atomic E-state index is 0.164. The molecule has 1 heterocycles. The summed E-state index contributed by atoms with van der Waals surface area (Å²) in [5.74, 6) is 2.24. The van der Waals surface area contributed by atoms with Crippen LogP contribution in [0, 0.1) is 0 Å². The van der Waals surface area contributed by atoms with Crippen LogP contribution in [-0.4, -0.2) is 26.3 Å². The van der Waals surface area contributed by atoms with Gasteiger partial charge in [0.15, 0.2) is 5.16 Å². The van der Waals surface area contributed by atoms with Crippen molar-refractivity contribution in [2.75, 3.05) is 5.75 Å². The van der Waals surface area contributed by atoms with E-state index in [0.717, 1.165) is 17.5 Å². The van der Waals surface area contributed by atoms with Crippen LogP contribution in [-0.2, 0) is 11.3 Å². The van der Waals surface area contributed by atoms with E-state index in [9.17, 15) is 4.79 Å². The zero-order valence-electron chi connectivity index (χ0n) is 11.5. The van der Waals surface area contributed by atoms with Crippen molar-refractivity contribution in [3.05, 3.63) is 41.7 Å². The smallest absolute Gasteiger partial charge is 0.191 e. The van der Waals surface area contributed by atoms with Gasteiger partial charge in [0.1, 0.15) is 11.6 Å². The lowest BCUT2D eigenvalue weighted by atomic mass is 10.2. The molecule has 0 spiro atoms. The number of hydrogen-bond acceptors (Lipinski definition) is 4. The van der Waals surface area contributed by atoms with Gasteiger partial charge in [-0.25, -0.2) is 0 Å². The van der Waals surface area contributed by atoms with Gasteiger partial charge in [-0.05, 0) is 25.3 Å². The molecule has 0 saturated heterocycles. The molecule has 0 radical (unpaired) electrons. The second-order valence-electron chi connectivity index (χ2n) is 5.18. The number of Topliss-reactive ketones (excluding diaryl/α,β-unsaturated/α-hetero) is 1. The van der Waals surface area contributed by atoms with Crippen LogP contribution in [0.15, 0.2) is 35.5 Å². The number of rotatable bonds is 6. The van der Waals surface area contributed by atoms with Gasteiger partial charge < -0.3 is 4.57 Å². The highest BCUT2D eigenvalue weighted by Crippen LogP contribution is 2.40. The van der Waals surface area contributed by atoms with E-state index in [2.05, 4.69) is 26.9 Å². The van der Waals surface area contributed by atoms with Crippen molar-refractivity contribution in [3.8, 4) is 0 Å². The highest BCUT2D eigenvalue weighted by atomic mass is 32.2. The maximum Gasteiger partial charge on any atom is 0.191 e. The molecule has 4 nitrogen and oxygen atoms in total. The van der Waals surface area contributed by atoms with Gasteiger partial charge in [-0.1, -0.05) is 42.1 Å². The highest BCUT2D eigenvalue weighted by molar-refractivity contribution is 7.99. The molecule has 1 aromatic heterocycles. The van der Waals surface area contributed by atoms with E-state index < -0.39 is 0 Å². The van der Waals surface area contributed by atoms with Gasteiger partial charge in [-0.2, -0.15) is 0 Å². The van der Waals surface area contributed by atoms with Crippen LogP contribution in [0.3, 0.4) is 0 Å². The Morgan fingerprint density at radius 1 is 1.30 bits per heavy atom. The lowest BCUT2D eigenvalue weighted by Gasteiger charge is -2.09. The number of nitrogens with zero attached hydrogens (tertiary/aromatic N) is 3. The number of carbonyl (C=O) groups is 1. The monoisotopic (exact) mass is 287 g/mol. The van der Waals surface area contributed by atoms with Crippen LogP contribution in [0.5, 0.6) is 0 Å². The first-order chi connectivity index (χ1) is 9.74. The summed E-state index contributed by atoms with van der Waals surface area (Å²) in [5, 5.41) is 9.46. The summed E-state index contributed by atoms with van der Waals surface area (Å²) < 4.78 is 2.17. The summed E-state index contributed by atoms with van der Waals surface area (Å²) in [6.45, 7) is 2.38. The second kappa shape index (κ2) is 5.79. The molecule has 1 fully saturated rings. The van der Waals surface area contributed by atoms with Gasteiger partial charge in [0.25, 0.3) is 0 Å². The Morgan fingerprint density at radius 3 is 2.70 bits per heavy atom. The first-order valence-electron chi connectivity index (χ1n) is 6.83. The molecule has 0 unspecified atom stereocenters. The Labute approximate surface area is 122 Å². The molecule has 104 valence electrons. The maximum atomic E-state index is 11.2. The van der Waals surface area contributed by atoms with E-state index in [4.69, 9.17) is 0 Å². The molecule has 1 aromatic carbocycles. The average Bonchev–Trinajstić information content (AvgIpc) is 3.21. The number of aromatic nitrogens is 3. The van der Waals surface area contributed by atoms with Gasteiger partial charge in [-0.3, -0.25) is 4.79 Å². The second-order valence-corrected chi connectivity index (χ2v) is 6.12. The lowest BCUT2D eigenvalue weighted by Crippen LogP contribution is -2.07. The summed E-state index contributed by atoms with van der Waals surface area (Å²) in [5.41, 5.74) is 1.24. The standard InChI is InChI=1S/C15H17N3OS/c1-11(19)10-20-15-17-16-14(13-7-8-13)18(15)9-12-5-3-2-4-6-12/h2-6,13H,7-10H2,1H3. The Balaban J connectivity index is 1.85. The molecule has 3 rings (SSSR count). The fourth-order valence-corrected chi connectivity index (χ4v) is 2.88. The SMILES string of the molecule is CC(=O)CSc1nnc(C2CC2)n1Cc1ccccc1. The predicted octanol–water partition coefficient (Wildman–Crippen LogP) is 2.88. The van der Waals surface area contributed by atoms with Crippen molar-refractivity contribution in [3.63, 3.8) is 0 Å². The van der Waals surface area contributed by atoms with Crippen LogP contribution in [0.4, 0.5) is 0 Å². The van der Waals surface area contributed by atoms with Crippen LogP contribution in [0.1, 0.15) is 37.1 Å². The molecule has 0 N–H and O–H groups in total. The molecule has 0 atom stereocenters. The van der Waals surface area contributed by atoms with E-state index in [1.165, 1.54) is 30.2 Å². The molecule has 0 bridgehead atoms. The summed E-state index contributed by atoms with van der Waals surface area (Å²) >= 11 is 1.48. The van der Waals surface area contributed by atoms with E-state index in [-0.39, 0.29) is 5.78 Å². The van der Waals surface area contributed by atoms with E-state index in [0.29, 0.717) is 11.7 Å². The predicted molar refractivity (Wildman–Crippen MR) is 78.9 cm³/mol. The molecule has 0 amide bonds. The minimum Gasteiger partial charge on any atom is -0.301 e. The fraction of sp³-hybridized carbons (Fsp3) is 0.400. The molecule has 0 aliphatic heterocycles. The van der Waals surface area contributed by atoms with Crippen molar-refractivity contribution >= 4 is 17.5 Å². The van der Waals surface area contributed by atoms with E-state index >= 15 is 0 Å². The molecule has 1 aliphatic carbocycles. The number of thioether (sulfide) groups is 1. The summed E-state index contributed by atoms with van der Waals surface area (Å²) in [4.78, 5) is 11.2. The third kappa shape index (κ3) is 3.10. The van der Waals surface area contributed by atoms with Crippen molar-refractivity contribution in [1.82, 2.24) is 14.8 Å². The third-order valence-electron chi connectivity index (χ3n) is 3.28. The Bertz CT molecular complexity index is 605. The molecular weight excluding hydrogens is 270 g/mol. The zero-order valence-corrected chi connectivity index (χ0v) is 12.3. The van der Waals surface area contributed by atoms with Gasteiger partial charge >= 0.3 is 0 Å². The number of ketones is 1. The van der Waals surface area contributed by atoms with Gasteiger partial charge in [0.05, 0.1) is 12.3 Å². The normalized spacial score (nSPS) is 14.4. The van der Waals surface area contributed by atoms with E-state index in [1.54, 1.807) is 6.92 Å². The maximum absolute atomic E-state index is 11.2. The van der Waals surface area contributed by atoms with Crippen molar-refractivity contribution in [1.29, 1.82) is 0 Å². The minimum absolute atomic E-state index is 0.164. The van der Waals surface area contributed by atoms with Crippen LogP contribution >= 0.6 is 11.8 Å². The van der Waals surface area contributed by atoms with E-state index in [1.807, 2.05) is 18.2 Å². The van der Waals surface area contributed by atoms with Crippen molar-refractivity contribution < 1.29 is 4.79 Å². The molecule has 1 saturated carbocycles. The lowest BCUT2D eigenvalue weighted by molar-refractivity contribution is -0.114. The average molecular weight is 287 g/mol. The Morgan fingerprint density at radius 2 is 2.05 bits per heavy atom. The van der Waals surface area contributed by atoms with Crippen LogP contribution < -0.4 is 0 Å². The van der Waals surface area contributed by atoms with Gasteiger partial charge in [-0.15, -0.1) is 10.2 Å². The van der Waals surface area contributed by atoms with Crippen molar-refractivity contribution in [2.45, 2.75) is 37.4 Å². The molecular formula is C15H17N3OS. The first kappa shape index (κ1) is 13.4. The van der Waals surface area contributed by atoms with Gasteiger partial charge in [0, 0.05) is 5.92 Å². The topological polar surface area (TPSA) is 47.8 Å². The Kier molecular flexibility index (Phi) is 3.87. The fourth-order valence-electron chi connectivity index (χ4n) is 2.13. The summed E-state index contributed by atoms with van der Waals surface area (Å²) in [6, 6.07) is 10.3. The Hall–Kier alpha value is -1.62. The van der Waals surface area contributed by atoms with Gasteiger partial charge in [0.2, 0.25) is 0 Å². The van der Waals surface area contributed by atoms with Crippen molar-refractivity contribution in [2.24, 2.45) is 0 Å². The molecule has 1 aliphatic rings. The van der Waals surface area contributed by atoms with Crippen LogP contribution in [0.2, 0.25) is 0 Å². The summed E-state index contributed by atoms with van der Waals surface area (Å²) in [6.07, 6.45) is 2.40.